The standard InChI is InChI=1S/C58H74F2N10O14P2S2/c1-35-51(87-34-66-35)37-18-16-36(17-19-37)27-65-55(73)47-25-41(83-86(78,79)84-85(76,77)82-22-20-61)31-70(47)57(75)52(58(2,3)4)67-48(71)15-13-11-9-7-8-10-12-14-21-62-54(72)42-26-46-43(23-38(42)33-88(6,80)81)44-32-68(5)56(74)50-49(44)39(28-63-50)30-69(46)53-45(60)24-40(59)29-64-53/h16-19,23-24,26,28-29,32,34,41,47,52,63H,7-15,20-22,25,27,30-31,33,61H2,1-6H3,(H,62,72)(H,65,73)(H,67,71)(H,76,77)(H,78,79)/t41-,47+,52-/m1/s1. The van der Waals surface area contributed by atoms with Gasteiger partial charge in [-0.15, -0.1) is 11.3 Å². The van der Waals surface area contributed by atoms with Gasteiger partial charge in [-0.1, -0.05) is 83.6 Å². The summed E-state index contributed by atoms with van der Waals surface area (Å²) in [7, 11) is -12.6. The van der Waals surface area contributed by atoms with Gasteiger partial charge in [-0.25, -0.2) is 36.3 Å². The van der Waals surface area contributed by atoms with E-state index in [1.54, 1.807) is 51.8 Å². The number of hydrogen-bond acceptors (Lipinski definition) is 17. The van der Waals surface area contributed by atoms with Gasteiger partial charge in [-0.2, -0.15) is 4.31 Å². The van der Waals surface area contributed by atoms with Crippen LogP contribution >= 0.6 is 27.0 Å². The summed E-state index contributed by atoms with van der Waals surface area (Å²) in [6.07, 6.45) is 9.50. The van der Waals surface area contributed by atoms with E-state index in [2.05, 4.69) is 39.7 Å². The number of pyridine rings is 2. The molecule has 476 valence electrons. The number of likely N-dealkylation sites (tertiary alicyclic amines) is 1. The van der Waals surface area contributed by atoms with Crippen molar-refractivity contribution in [2.45, 2.75) is 129 Å². The summed E-state index contributed by atoms with van der Waals surface area (Å²) in [5.41, 5.74) is 10.7. The quantitative estimate of drug-likeness (QED) is 0.0180. The summed E-state index contributed by atoms with van der Waals surface area (Å²) < 4.78 is 96.5. The van der Waals surface area contributed by atoms with Crippen molar-refractivity contribution in [2.75, 3.05) is 37.4 Å². The molecule has 1 fully saturated rings. The van der Waals surface area contributed by atoms with Crippen molar-refractivity contribution in [1.82, 2.24) is 40.4 Å². The molecule has 4 aromatic heterocycles. The number of aryl methyl sites for hydroxylation is 2. The van der Waals surface area contributed by atoms with E-state index in [4.69, 9.17) is 10.3 Å². The van der Waals surface area contributed by atoms with Crippen LogP contribution in [-0.2, 0) is 72.6 Å². The monoisotopic (exact) mass is 1300 g/mol. The summed E-state index contributed by atoms with van der Waals surface area (Å²) in [5.74, 6) is -4.86. The molecule has 0 radical (unpaired) electrons. The molecule has 2 aliphatic rings. The molecule has 1 saturated heterocycles. The zero-order valence-corrected chi connectivity index (χ0v) is 53.1. The van der Waals surface area contributed by atoms with E-state index in [0.717, 1.165) is 71.2 Å². The fourth-order valence-corrected chi connectivity index (χ4v) is 14.7. The molecule has 2 unspecified atom stereocenters. The Bertz CT molecular complexity index is 3840. The number of nitrogens with one attached hydrogen (secondary N) is 4. The fourth-order valence-electron chi connectivity index (χ4n) is 10.9. The van der Waals surface area contributed by atoms with Crippen LogP contribution in [0.5, 0.6) is 0 Å². The number of nitrogens with zero attached hydrogens (tertiary/aromatic N) is 5. The number of rotatable bonds is 28. The molecule has 88 heavy (non-hydrogen) atoms. The highest BCUT2D eigenvalue weighted by Gasteiger charge is 2.48. The number of sulfone groups is 1. The molecule has 0 aliphatic carbocycles. The number of phosphoric ester groups is 2. The minimum atomic E-state index is -5.34. The predicted octanol–water partition coefficient (Wildman–Crippen LogP) is 8.10. The highest BCUT2D eigenvalue weighted by Crippen LogP contribution is 2.61. The molecule has 2 aromatic carbocycles. The van der Waals surface area contributed by atoms with Gasteiger partial charge in [0, 0.05) is 92.9 Å². The molecule has 5 atom stereocenters. The number of amides is 4. The van der Waals surface area contributed by atoms with Gasteiger partial charge in [0.15, 0.2) is 21.5 Å². The molecule has 0 bridgehead atoms. The van der Waals surface area contributed by atoms with Crippen LogP contribution < -0.4 is 32.1 Å². The van der Waals surface area contributed by atoms with Crippen molar-refractivity contribution in [3.63, 3.8) is 0 Å². The second-order valence-electron chi connectivity index (χ2n) is 23.2. The summed E-state index contributed by atoms with van der Waals surface area (Å²) in [6, 6.07) is 8.79. The number of H-pyrrole nitrogens is 1. The lowest BCUT2D eigenvalue weighted by atomic mass is 9.85. The second kappa shape index (κ2) is 28.5. The van der Waals surface area contributed by atoms with Crippen LogP contribution in [0.3, 0.4) is 0 Å². The Morgan fingerprint density at radius 1 is 0.955 bits per heavy atom. The molecule has 2 aliphatic heterocycles. The van der Waals surface area contributed by atoms with E-state index >= 15 is 4.39 Å². The molecule has 6 heterocycles. The average Bonchev–Trinajstić information content (AvgIpc) is 1.83. The number of halogens is 2. The summed E-state index contributed by atoms with van der Waals surface area (Å²) in [6.45, 7) is 6.32. The number of hydrogen-bond donors (Lipinski definition) is 7. The Morgan fingerprint density at radius 2 is 1.65 bits per heavy atom. The minimum absolute atomic E-state index is 0.0330. The Morgan fingerprint density at radius 3 is 2.30 bits per heavy atom. The van der Waals surface area contributed by atoms with E-state index < -0.39 is 103 Å². The largest absolute Gasteiger partial charge is 0.481 e. The molecular weight excluding hydrogens is 1220 g/mol. The third kappa shape index (κ3) is 17.0. The Hall–Kier alpha value is -6.58. The average molecular weight is 1300 g/mol. The van der Waals surface area contributed by atoms with E-state index in [1.165, 1.54) is 26.9 Å². The van der Waals surface area contributed by atoms with Gasteiger partial charge in [-0.05, 0) is 59.6 Å². The van der Waals surface area contributed by atoms with Gasteiger partial charge in [-0.3, -0.25) is 33.0 Å². The maximum absolute atomic E-state index is 15.6. The van der Waals surface area contributed by atoms with Gasteiger partial charge in [0.1, 0.15) is 23.4 Å². The molecular formula is C58H74F2N10O14P2S2. The number of aromatic amines is 1. The third-order valence-corrected chi connectivity index (χ3v) is 19.6. The van der Waals surface area contributed by atoms with Crippen LogP contribution in [0.25, 0.3) is 32.5 Å². The van der Waals surface area contributed by atoms with Crippen LogP contribution in [0.2, 0.25) is 0 Å². The molecule has 0 spiro atoms. The first-order chi connectivity index (χ1) is 41.5. The number of fused-ring (bicyclic) bond motifs is 2. The molecule has 24 nitrogen and oxygen atoms in total. The second-order valence-corrected chi connectivity index (χ2v) is 29.1. The number of nitrogens with two attached hydrogens (primary N) is 1. The van der Waals surface area contributed by atoms with Crippen molar-refractivity contribution < 1.29 is 68.7 Å². The fraction of sp³-hybridized carbons (Fsp3) is 0.466. The predicted molar refractivity (Wildman–Crippen MR) is 328 cm³/mol. The topological polar surface area (TPSA) is 337 Å². The smallest absolute Gasteiger partial charge is 0.356 e. The maximum Gasteiger partial charge on any atom is 0.481 e. The summed E-state index contributed by atoms with van der Waals surface area (Å²) >= 11 is 1.50. The zero-order chi connectivity index (χ0) is 63.9. The van der Waals surface area contributed by atoms with Gasteiger partial charge in [0.25, 0.3) is 11.5 Å². The summed E-state index contributed by atoms with van der Waals surface area (Å²) in [4.78, 5) is 105. The molecule has 4 amide bonds. The SMILES string of the molecule is Cc1ncsc1-c1ccc(CNC(=O)[C@@H]2C[C@@H](OP(=O)(O)OP(=O)(O)OCCN)CN2C(=O)[C@@H](NC(=O)CCCCCCCCCCNC(=O)c2cc3c(cc2CS(C)(=O)=O)-c2cn(C)c(=O)c4[nH]cc(c24)CN3c2ncc(F)cc2F)C(C)(C)C)cc1. The first kappa shape index (κ1) is 67.4. The van der Waals surface area contributed by atoms with Crippen LogP contribution in [-0.4, -0.2) is 117 Å². The number of unbranched alkanes of at least 4 members (excludes halogenated alkanes) is 7. The zero-order valence-electron chi connectivity index (χ0n) is 49.7. The molecule has 30 heteroatoms. The van der Waals surface area contributed by atoms with Crippen molar-refractivity contribution in [3.05, 3.63) is 117 Å². The first-order valence-corrected chi connectivity index (χ1v) is 34.6. The van der Waals surface area contributed by atoms with E-state index in [0.29, 0.717) is 47.4 Å². The molecule has 8 N–H and O–H groups in total. The molecule has 6 aromatic rings. The van der Waals surface area contributed by atoms with Crippen LogP contribution in [0.15, 0.2) is 71.4 Å². The van der Waals surface area contributed by atoms with Crippen LogP contribution in [0.1, 0.15) is 118 Å². The number of benzene rings is 2. The lowest BCUT2D eigenvalue weighted by Gasteiger charge is -2.35. The number of carbonyl (C=O) groups excluding carboxylic acids is 4. The molecule has 8 rings (SSSR count). The lowest BCUT2D eigenvalue weighted by Crippen LogP contribution is -2.57. The lowest BCUT2D eigenvalue weighted by molar-refractivity contribution is -0.144. The van der Waals surface area contributed by atoms with Crippen LogP contribution in [0.4, 0.5) is 20.3 Å². The number of carbonyl (C=O) groups is 4. The Labute approximate surface area is 512 Å². The van der Waals surface area contributed by atoms with Crippen molar-refractivity contribution in [2.24, 2.45) is 18.2 Å². The Balaban J connectivity index is 0.830. The van der Waals surface area contributed by atoms with Crippen molar-refractivity contribution in [3.8, 4) is 21.6 Å². The first-order valence-electron chi connectivity index (χ1n) is 28.7. The molecule has 0 saturated carbocycles. The highest BCUT2D eigenvalue weighted by molar-refractivity contribution is 7.89. The highest BCUT2D eigenvalue weighted by atomic mass is 32.2. The number of anilines is 2. The van der Waals surface area contributed by atoms with Gasteiger partial charge < -0.3 is 50.8 Å². The number of phosphoric acid groups is 2. The third-order valence-electron chi connectivity index (χ3n) is 15.1. The normalized spacial score (nSPS) is 16.8. The Kier molecular flexibility index (Phi) is 21.8. The van der Waals surface area contributed by atoms with Gasteiger partial charge >= 0.3 is 15.6 Å². The van der Waals surface area contributed by atoms with Crippen molar-refractivity contribution >= 4 is 82.9 Å². The van der Waals surface area contributed by atoms with Gasteiger partial charge in [0.2, 0.25) is 17.7 Å². The van der Waals surface area contributed by atoms with Crippen molar-refractivity contribution in [1.29, 1.82) is 0 Å². The van der Waals surface area contributed by atoms with E-state index in [9.17, 15) is 55.7 Å². The number of thiazole rings is 1. The number of aromatic nitrogens is 4. The minimum Gasteiger partial charge on any atom is -0.356 e. The summed E-state index contributed by atoms with van der Waals surface area (Å²) in [5, 5.41) is 9.14. The van der Waals surface area contributed by atoms with Crippen LogP contribution in [0, 0.1) is 24.0 Å². The maximum atomic E-state index is 15.6. The van der Waals surface area contributed by atoms with E-state index in [-0.39, 0.29) is 72.7 Å². The van der Waals surface area contributed by atoms with Gasteiger partial charge in [0.05, 0.1) is 53.0 Å². The van der Waals surface area contributed by atoms with E-state index in [1.807, 2.05) is 31.2 Å².